The van der Waals surface area contributed by atoms with Crippen molar-refractivity contribution in [1.29, 1.82) is 5.26 Å². The molecular formula is C11H16N2O3S. The Morgan fingerprint density at radius 1 is 1.41 bits per heavy atom. The Morgan fingerprint density at radius 3 is 2.59 bits per heavy atom. The molecule has 0 aromatic rings. The molecule has 0 aromatic carbocycles. The lowest BCUT2D eigenvalue weighted by atomic mass is 9.94. The fourth-order valence-corrected chi connectivity index (χ4v) is 2.46. The first kappa shape index (κ1) is 13.8. The van der Waals surface area contributed by atoms with Gasteiger partial charge in [0.2, 0.25) is 5.91 Å². The second-order valence-electron chi connectivity index (χ2n) is 4.07. The minimum Gasteiger partial charge on any atom is -0.481 e. The van der Waals surface area contributed by atoms with Crippen molar-refractivity contribution in [2.45, 2.75) is 19.3 Å². The van der Waals surface area contributed by atoms with Crippen molar-refractivity contribution < 1.29 is 14.7 Å². The van der Waals surface area contributed by atoms with Crippen LogP contribution in [-0.2, 0) is 9.59 Å². The summed E-state index contributed by atoms with van der Waals surface area (Å²) in [6.07, 6.45) is 1.73. The molecule has 1 aliphatic heterocycles. The summed E-state index contributed by atoms with van der Waals surface area (Å²) in [6.45, 7) is 1.29. The van der Waals surface area contributed by atoms with Crippen molar-refractivity contribution in [3.05, 3.63) is 0 Å². The van der Waals surface area contributed by atoms with Gasteiger partial charge in [-0.15, -0.1) is 11.8 Å². The molecule has 1 heterocycles. The van der Waals surface area contributed by atoms with Crippen LogP contribution < -0.4 is 0 Å². The standard InChI is InChI=1S/C11H16N2O3S/c12-3-6-17-8-10(14)13-4-1-9(2-5-13)7-11(15)16/h9H,1-2,4-8H2,(H,15,16). The number of nitriles is 1. The molecule has 1 N–H and O–H groups in total. The van der Waals surface area contributed by atoms with Gasteiger partial charge in [0.25, 0.3) is 0 Å². The van der Waals surface area contributed by atoms with E-state index in [1.807, 2.05) is 6.07 Å². The number of carboxylic acid groups (broad SMARTS) is 1. The molecule has 1 saturated heterocycles. The molecule has 0 atom stereocenters. The molecule has 0 radical (unpaired) electrons. The zero-order valence-electron chi connectivity index (χ0n) is 9.59. The number of thioether (sulfide) groups is 1. The highest BCUT2D eigenvalue weighted by molar-refractivity contribution is 8.00. The van der Waals surface area contributed by atoms with Crippen molar-refractivity contribution >= 4 is 23.6 Å². The van der Waals surface area contributed by atoms with Gasteiger partial charge in [0, 0.05) is 19.5 Å². The lowest BCUT2D eigenvalue weighted by molar-refractivity contribution is -0.138. The van der Waals surface area contributed by atoms with Crippen LogP contribution in [0.25, 0.3) is 0 Å². The Balaban J connectivity index is 2.24. The average molecular weight is 256 g/mol. The Morgan fingerprint density at radius 2 is 2.06 bits per heavy atom. The number of amides is 1. The van der Waals surface area contributed by atoms with Gasteiger partial charge in [-0.05, 0) is 18.8 Å². The fourth-order valence-electron chi connectivity index (χ4n) is 1.91. The highest BCUT2D eigenvalue weighted by atomic mass is 32.2. The van der Waals surface area contributed by atoms with E-state index >= 15 is 0 Å². The zero-order valence-corrected chi connectivity index (χ0v) is 10.4. The molecule has 17 heavy (non-hydrogen) atoms. The van der Waals surface area contributed by atoms with Gasteiger partial charge in [-0.1, -0.05) is 0 Å². The quantitative estimate of drug-likeness (QED) is 0.741. The summed E-state index contributed by atoms with van der Waals surface area (Å²) >= 11 is 1.32. The SMILES string of the molecule is N#CCSCC(=O)N1CCC(CC(=O)O)CC1. The Kier molecular flexibility index (Phi) is 5.84. The number of carbonyl (C=O) groups is 2. The third-order valence-corrected chi connectivity index (χ3v) is 3.61. The molecule has 6 heteroatoms. The monoisotopic (exact) mass is 256 g/mol. The van der Waals surface area contributed by atoms with Gasteiger partial charge in [-0.3, -0.25) is 9.59 Å². The zero-order chi connectivity index (χ0) is 12.7. The minimum absolute atomic E-state index is 0.0547. The maximum absolute atomic E-state index is 11.7. The maximum Gasteiger partial charge on any atom is 0.303 e. The van der Waals surface area contributed by atoms with Gasteiger partial charge in [-0.25, -0.2) is 0 Å². The molecule has 0 spiro atoms. The number of hydrogen-bond donors (Lipinski definition) is 1. The van der Waals surface area contributed by atoms with Crippen LogP contribution in [0.15, 0.2) is 0 Å². The Labute approximate surface area is 105 Å². The first-order valence-electron chi connectivity index (χ1n) is 5.57. The normalized spacial score (nSPS) is 16.5. The summed E-state index contributed by atoms with van der Waals surface area (Å²) in [7, 11) is 0. The molecule has 1 aliphatic rings. The first-order valence-corrected chi connectivity index (χ1v) is 6.73. The van der Waals surface area contributed by atoms with Gasteiger partial charge in [0.1, 0.15) is 0 Å². The predicted octanol–water partition coefficient (Wildman–Crippen LogP) is 0.956. The molecular weight excluding hydrogens is 240 g/mol. The highest BCUT2D eigenvalue weighted by Gasteiger charge is 2.23. The van der Waals surface area contributed by atoms with Gasteiger partial charge < -0.3 is 10.0 Å². The summed E-state index contributed by atoms with van der Waals surface area (Å²) in [4.78, 5) is 24.0. The number of hydrogen-bond acceptors (Lipinski definition) is 4. The second kappa shape index (κ2) is 7.17. The van der Waals surface area contributed by atoms with Crippen LogP contribution in [-0.4, -0.2) is 46.5 Å². The van der Waals surface area contributed by atoms with E-state index in [1.165, 1.54) is 11.8 Å². The molecule has 0 aromatic heterocycles. The Bertz CT molecular complexity index is 319. The molecule has 94 valence electrons. The number of piperidine rings is 1. The van der Waals surface area contributed by atoms with Gasteiger partial charge in [0.15, 0.2) is 0 Å². The predicted molar refractivity (Wildman–Crippen MR) is 64.5 cm³/mol. The Hall–Kier alpha value is -1.22. The van der Waals surface area contributed by atoms with Crippen molar-refractivity contribution in [1.82, 2.24) is 4.90 Å². The molecule has 5 nitrogen and oxygen atoms in total. The largest absolute Gasteiger partial charge is 0.481 e. The molecule has 1 amide bonds. The molecule has 0 unspecified atom stereocenters. The summed E-state index contributed by atoms with van der Waals surface area (Å²) < 4.78 is 0. The summed E-state index contributed by atoms with van der Waals surface area (Å²) in [6, 6.07) is 1.98. The van der Waals surface area contributed by atoms with Gasteiger partial charge in [0.05, 0.1) is 17.6 Å². The molecule has 1 rings (SSSR count). The topological polar surface area (TPSA) is 81.4 Å². The van der Waals surface area contributed by atoms with E-state index in [2.05, 4.69) is 0 Å². The minimum atomic E-state index is -0.764. The van der Waals surface area contributed by atoms with Crippen LogP contribution in [0.4, 0.5) is 0 Å². The van der Waals surface area contributed by atoms with Crippen LogP contribution in [0, 0.1) is 17.2 Å². The molecule has 1 fully saturated rings. The average Bonchev–Trinajstić information content (AvgIpc) is 2.29. The number of rotatable bonds is 5. The smallest absolute Gasteiger partial charge is 0.303 e. The van der Waals surface area contributed by atoms with E-state index in [0.29, 0.717) is 24.6 Å². The van der Waals surface area contributed by atoms with E-state index in [-0.39, 0.29) is 18.2 Å². The van der Waals surface area contributed by atoms with Crippen molar-refractivity contribution in [2.24, 2.45) is 5.92 Å². The number of nitrogens with zero attached hydrogens (tertiary/aromatic N) is 2. The van der Waals surface area contributed by atoms with E-state index in [9.17, 15) is 9.59 Å². The third kappa shape index (κ3) is 5.09. The van der Waals surface area contributed by atoms with Gasteiger partial charge >= 0.3 is 5.97 Å². The summed E-state index contributed by atoms with van der Waals surface area (Å²) in [5.74, 6) is 0.167. The van der Waals surface area contributed by atoms with Crippen LogP contribution in [0.5, 0.6) is 0 Å². The molecule has 0 aliphatic carbocycles. The van der Waals surface area contributed by atoms with Crippen LogP contribution in [0.2, 0.25) is 0 Å². The van der Waals surface area contributed by atoms with Crippen LogP contribution >= 0.6 is 11.8 Å². The van der Waals surface area contributed by atoms with Gasteiger partial charge in [-0.2, -0.15) is 5.26 Å². The molecule has 0 bridgehead atoms. The number of carbonyl (C=O) groups excluding carboxylic acids is 1. The van der Waals surface area contributed by atoms with Crippen molar-refractivity contribution in [2.75, 3.05) is 24.6 Å². The van der Waals surface area contributed by atoms with Crippen LogP contribution in [0.3, 0.4) is 0 Å². The summed E-state index contributed by atoms with van der Waals surface area (Å²) in [5.41, 5.74) is 0. The number of carboxylic acids is 1. The van der Waals surface area contributed by atoms with E-state index in [1.54, 1.807) is 4.90 Å². The van der Waals surface area contributed by atoms with E-state index in [0.717, 1.165) is 12.8 Å². The lowest BCUT2D eigenvalue weighted by Gasteiger charge is -2.31. The lowest BCUT2D eigenvalue weighted by Crippen LogP contribution is -2.39. The fraction of sp³-hybridized carbons (Fsp3) is 0.727. The van der Waals surface area contributed by atoms with E-state index in [4.69, 9.17) is 10.4 Å². The summed E-state index contributed by atoms with van der Waals surface area (Å²) in [5, 5.41) is 17.0. The molecule has 0 saturated carbocycles. The van der Waals surface area contributed by atoms with Crippen LogP contribution in [0.1, 0.15) is 19.3 Å². The van der Waals surface area contributed by atoms with Crippen molar-refractivity contribution in [3.8, 4) is 6.07 Å². The number of aliphatic carboxylic acids is 1. The first-order chi connectivity index (χ1) is 8.13. The number of likely N-dealkylation sites (tertiary alicyclic amines) is 1. The van der Waals surface area contributed by atoms with Crippen molar-refractivity contribution in [3.63, 3.8) is 0 Å². The second-order valence-corrected chi connectivity index (χ2v) is 5.06. The maximum atomic E-state index is 11.7. The third-order valence-electron chi connectivity index (χ3n) is 2.82. The van der Waals surface area contributed by atoms with E-state index < -0.39 is 5.97 Å². The highest BCUT2D eigenvalue weighted by Crippen LogP contribution is 2.20.